The van der Waals surface area contributed by atoms with Crippen molar-refractivity contribution in [2.45, 2.75) is 6.04 Å². The molecule has 0 aliphatic rings. The average Bonchev–Trinajstić information content (AvgIpc) is 2.66. The molecule has 0 spiro atoms. The van der Waals surface area contributed by atoms with Crippen molar-refractivity contribution in [2.75, 3.05) is 7.05 Å². The van der Waals surface area contributed by atoms with E-state index >= 15 is 0 Å². The van der Waals surface area contributed by atoms with Crippen LogP contribution in [0.2, 0.25) is 5.02 Å². The molecule has 2 aromatic rings. The van der Waals surface area contributed by atoms with Crippen LogP contribution in [0.3, 0.4) is 0 Å². The fourth-order valence-corrected chi connectivity index (χ4v) is 3.09. The smallest absolute Gasteiger partial charge is 0.0701 e. The van der Waals surface area contributed by atoms with Gasteiger partial charge in [-0.05, 0) is 57.7 Å². The standard InChI is InChI=1S/C12H11BrClNS/c1-15-12(9-6-11(13)16-7-9)8-3-2-4-10(14)5-8/h2-7,12,15H,1H3. The summed E-state index contributed by atoms with van der Waals surface area (Å²) in [4.78, 5) is 0. The van der Waals surface area contributed by atoms with Crippen molar-refractivity contribution in [1.29, 1.82) is 0 Å². The van der Waals surface area contributed by atoms with Crippen LogP contribution >= 0.6 is 38.9 Å². The minimum Gasteiger partial charge on any atom is -0.309 e. The first-order chi connectivity index (χ1) is 7.70. The second-order valence-corrected chi connectivity index (χ2v) is 6.19. The van der Waals surface area contributed by atoms with Crippen molar-refractivity contribution >= 4 is 38.9 Å². The van der Waals surface area contributed by atoms with E-state index in [1.807, 2.05) is 25.2 Å². The van der Waals surface area contributed by atoms with E-state index in [0.717, 1.165) is 8.81 Å². The molecule has 1 atom stereocenters. The molecule has 84 valence electrons. The summed E-state index contributed by atoms with van der Waals surface area (Å²) in [6, 6.07) is 10.3. The van der Waals surface area contributed by atoms with Crippen molar-refractivity contribution in [3.8, 4) is 0 Å². The van der Waals surface area contributed by atoms with Gasteiger partial charge in [0.05, 0.1) is 9.83 Å². The normalized spacial score (nSPS) is 12.7. The summed E-state index contributed by atoms with van der Waals surface area (Å²) < 4.78 is 1.14. The third-order valence-corrected chi connectivity index (χ3v) is 4.15. The SMILES string of the molecule is CNC(c1cccc(Cl)c1)c1csc(Br)c1. The number of benzene rings is 1. The summed E-state index contributed by atoms with van der Waals surface area (Å²) in [7, 11) is 1.96. The third-order valence-electron chi connectivity index (χ3n) is 2.39. The fourth-order valence-electron chi connectivity index (χ4n) is 1.69. The Labute approximate surface area is 113 Å². The molecule has 0 saturated heterocycles. The van der Waals surface area contributed by atoms with E-state index in [4.69, 9.17) is 11.6 Å². The average molecular weight is 317 g/mol. The van der Waals surface area contributed by atoms with Crippen molar-refractivity contribution in [2.24, 2.45) is 0 Å². The van der Waals surface area contributed by atoms with Crippen LogP contribution < -0.4 is 5.32 Å². The zero-order valence-corrected chi connectivity index (χ0v) is 11.9. The first-order valence-corrected chi connectivity index (χ1v) is 6.92. The van der Waals surface area contributed by atoms with Gasteiger partial charge in [0.2, 0.25) is 0 Å². The van der Waals surface area contributed by atoms with Crippen molar-refractivity contribution in [1.82, 2.24) is 5.32 Å². The van der Waals surface area contributed by atoms with Gasteiger partial charge in [-0.2, -0.15) is 0 Å². The topological polar surface area (TPSA) is 12.0 Å². The summed E-state index contributed by atoms with van der Waals surface area (Å²) in [6.45, 7) is 0. The monoisotopic (exact) mass is 315 g/mol. The largest absolute Gasteiger partial charge is 0.309 e. The van der Waals surface area contributed by atoms with Crippen LogP contribution in [-0.2, 0) is 0 Å². The molecule has 1 heterocycles. The maximum absolute atomic E-state index is 6.00. The summed E-state index contributed by atoms with van der Waals surface area (Å²) >= 11 is 11.2. The van der Waals surface area contributed by atoms with Crippen molar-refractivity contribution < 1.29 is 0 Å². The molecule has 0 amide bonds. The van der Waals surface area contributed by atoms with Crippen LogP contribution in [0, 0.1) is 0 Å². The van der Waals surface area contributed by atoms with E-state index in [0.29, 0.717) is 0 Å². The number of thiophene rings is 1. The minimum atomic E-state index is 0.196. The lowest BCUT2D eigenvalue weighted by molar-refractivity contribution is 0.694. The Bertz CT molecular complexity index is 483. The Kier molecular flexibility index (Phi) is 4.03. The maximum atomic E-state index is 6.00. The minimum absolute atomic E-state index is 0.196. The molecule has 0 saturated carbocycles. The van der Waals surface area contributed by atoms with Gasteiger partial charge in [0.1, 0.15) is 0 Å². The van der Waals surface area contributed by atoms with Crippen LogP contribution in [0.15, 0.2) is 39.5 Å². The molecular weight excluding hydrogens is 306 g/mol. The van der Waals surface area contributed by atoms with Gasteiger partial charge in [-0.1, -0.05) is 23.7 Å². The van der Waals surface area contributed by atoms with E-state index in [1.165, 1.54) is 11.1 Å². The highest BCUT2D eigenvalue weighted by molar-refractivity contribution is 9.11. The van der Waals surface area contributed by atoms with Gasteiger partial charge < -0.3 is 5.32 Å². The highest BCUT2D eigenvalue weighted by Gasteiger charge is 2.13. The Balaban J connectivity index is 2.36. The molecule has 1 aromatic carbocycles. The van der Waals surface area contributed by atoms with Gasteiger partial charge >= 0.3 is 0 Å². The molecule has 0 aliphatic heterocycles. The van der Waals surface area contributed by atoms with E-state index in [9.17, 15) is 0 Å². The van der Waals surface area contributed by atoms with Crippen molar-refractivity contribution in [3.05, 3.63) is 55.6 Å². The molecule has 1 aromatic heterocycles. The molecule has 0 bridgehead atoms. The van der Waals surface area contributed by atoms with E-state index in [2.05, 4.69) is 38.8 Å². The van der Waals surface area contributed by atoms with Crippen LogP contribution in [0.4, 0.5) is 0 Å². The Morgan fingerprint density at radius 2 is 2.12 bits per heavy atom. The summed E-state index contributed by atoms with van der Waals surface area (Å²) in [6.07, 6.45) is 0. The third kappa shape index (κ3) is 2.66. The Hall–Kier alpha value is -0.350. The lowest BCUT2D eigenvalue weighted by atomic mass is 10.0. The van der Waals surface area contributed by atoms with Crippen molar-refractivity contribution in [3.63, 3.8) is 0 Å². The lowest BCUT2D eigenvalue weighted by Gasteiger charge is -2.15. The number of hydrogen-bond acceptors (Lipinski definition) is 2. The first kappa shape index (κ1) is 12.1. The zero-order valence-electron chi connectivity index (χ0n) is 8.71. The molecule has 0 fully saturated rings. The van der Waals surface area contributed by atoms with E-state index in [1.54, 1.807) is 11.3 Å². The summed E-state index contributed by atoms with van der Waals surface area (Å²) in [5.41, 5.74) is 2.43. The molecule has 1 unspecified atom stereocenters. The lowest BCUT2D eigenvalue weighted by Crippen LogP contribution is -2.16. The molecule has 1 nitrogen and oxygen atoms in total. The highest BCUT2D eigenvalue weighted by Crippen LogP contribution is 2.29. The van der Waals surface area contributed by atoms with Gasteiger partial charge in [-0.3, -0.25) is 0 Å². The predicted octanol–water partition coefficient (Wildman–Crippen LogP) is 4.47. The number of nitrogens with one attached hydrogen (secondary N) is 1. The first-order valence-electron chi connectivity index (χ1n) is 4.87. The highest BCUT2D eigenvalue weighted by atomic mass is 79.9. The Morgan fingerprint density at radius 1 is 1.31 bits per heavy atom. The van der Waals surface area contributed by atoms with Gasteiger partial charge in [0.25, 0.3) is 0 Å². The van der Waals surface area contributed by atoms with Crippen LogP contribution in [-0.4, -0.2) is 7.05 Å². The van der Waals surface area contributed by atoms with Crippen LogP contribution in [0.25, 0.3) is 0 Å². The zero-order chi connectivity index (χ0) is 11.5. The second-order valence-electron chi connectivity index (χ2n) is 3.46. The molecule has 0 radical (unpaired) electrons. The van der Waals surface area contributed by atoms with Crippen LogP contribution in [0.1, 0.15) is 17.2 Å². The molecular formula is C12H11BrClNS. The maximum Gasteiger partial charge on any atom is 0.0701 e. The number of rotatable bonds is 3. The van der Waals surface area contributed by atoms with E-state index < -0.39 is 0 Å². The second kappa shape index (κ2) is 5.32. The molecule has 0 aliphatic carbocycles. The summed E-state index contributed by atoms with van der Waals surface area (Å²) in [5.74, 6) is 0. The number of halogens is 2. The van der Waals surface area contributed by atoms with Gasteiger partial charge in [0.15, 0.2) is 0 Å². The fraction of sp³-hybridized carbons (Fsp3) is 0.167. The van der Waals surface area contributed by atoms with E-state index in [-0.39, 0.29) is 6.04 Å². The van der Waals surface area contributed by atoms with Gasteiger partial charge in [-0.15, -0.1) is 11.3 Å². The molecule has 2 rings (SSSR count). The van der Waals surface area contributed by atoms with Crippen LogP contribution in [0.5, 0.6) is 0 Å². The summed E-state index contributed by atoms with van der Waals surface area (Å²) in [5, 5.41) is 6.22. The number of hydrogen-bond donors (Lipinski definition) is 1. The molecule has 16 heavy (non-hydrogen) atoms. The van der Waals surface area contributed by atoms with Gasteiger partial charge in [0, 0.05) is 5.02 Å². The molecule has 4 heteroatoms. The quantitative estimate of drug-likeness (QED) is 0.881. The Morgan fingerprint density at radius 3 is 2.69 bits per heavy atom. The van der Waals surface area contributed by atoms with Gasteiger partial charge in [-0.25, -0.2) is 0 Å². The predicted molar refractivity (Wildman–Crippen MR) is 74.4 cm³/mol. The molecule has 1 N–H and O–H groups in total.